The highest BCUT2D eigenvalue weighted by atomic mass is 16.6. The number of hydrogen-bond acceptors (Lipinski definition) is 13. The van der Waals surface area contributed by atoms with Crippen LogP contribution in [0.15, 0.2) is 0 Å². The van der Waals surface area contributed by atoms with Crippen molar-refractivity contribution in [3.8, 4) is 0 Å². The van der Waals surface area contributed by atoms with Crippen molar-refractivity contribution in [1.29, 1.82) is 0 Å². The van der Waals surface area contributed by atoms with Gasteiger partial charge in [0.2, 0.25) is 0 Å². The van der Waals surface area contributed by atoms with Gasteiger partial charge in [0.15, 0.2) is 0 Å². The summed E-state index contributed by atoms with van der Waals surface area (Å²) in [5.74, 6) is -3.64. The third-order valence-corrected chi connectivity index (χ3v) is 4.72. The molecule has 0 rings (SSSR count). The van der Waals surface area contributed by atoms with Crippen molar-refractivity contribution in [3.05, 3.63) is 0 Å². The molecule has 0 bridgehead atoms. The van der Waals surface area contributed by atoms with Gasteiger partial charge in [-0.25, -0.2) is 0 Å². The molecule has 0 saturated carbocycles. The van der Waals surface area contributed by atoms with E-state index in [-0.39, 0.29) is 59.3 Å². The molecule has 37 heavy (non-hydrogen) atoms. The molecule has 0 saturated heterocycles. The molecule has 13 heteroatoms. The Bertz CT molecular complexity index is 726. The van der Waals surface area contributed by atoms with Gasteiger partial charge in [-0.3, -0.25) is 28.8 Å². The van der Waals surface area contributed by atoms with Crippen LogP contribution in [0.1, 0.15) is 54.4 Å². The smallest absolute Gasteiger partial charge is 0.305 e. The second-order valence-corrected chi connectivity index (χ2v) is 8.80. The van der Waals surface area contributed by atoms with E-state index >= 15 is 0 Å². The van der Waals surface area contributed by atoms with Crippen LogP contribution in [-0.2, 0) is 61.9 Å². The van der Waals surface area contributed by atoms with E-state index in [9.17, 15) is 28.8 Å². The van der Waals surface area contributed by atoms with Gasteiger partial charge in [0.1, 0.15) is 39.6 Å². The Balaban J connectivity index is 5.94. The summed E-state index contributed by atoms with van der Waals surface area (Å²) in [6.45, 7) is 5.23. The zero-order chi connectivity index (χ0) is 28.5. The van der Waals surface area contributed by atoms with Crippen LogP contribution in [-0.4, -0.2) is 88.7 Å². The Hall–Kier alpha value is -3.22. The number of carbonyl (C=O) groups is 6. The predicted molar refractivity (Wildman–Crippen MR) is 125 cm³/mol. The highest BCUT2D eigenvalue weighted by Gasteiger charge is 2.40. The number of esters is 6. The maximum absolute atomic E-state index is 12.0. The molecule has 0 fully saturated rings. The first-order chi connectivity index (χ1) is 17.2. The highest BCUT2D eigenvalue weighted by Crippen LogP contribution is 2.26. The predicted octanol–water partition coefficient (Wildman–Crippen LogP) is 1.13. The van der Waals surface area contributed by atoms with Crippen molar-refractivity contribution < 1.29 is 61.9 Å². The van der Waals surface area contributed by atoms with Gasteiger partial charge in [-0.2, -0.15) is 0 Å². The minimum absolute atomic E-state index is 0.147. The summed E-state index contributed by atoms with van der Waals surface area (Å²) in [4.78, 5) is 69.5. The largest absolute Gasteiger partial charge is 0.465 e. The summed E-state index contributed by atoms with van der Waals surface area (Å²) in [5.41, 5.74) is -2.59. The molecule has 0 aromatic rings. The zero-order valence-electron chi connectivity index (χ0n) is 22.4. The summed E-state index contributed by atoms with van der Waals surface area (Å²) in [6.07, 6.45) is 0.690. The van der Waals surface area contributed by atoms with Gasteiger partial charge in [-0.05, 0) is 6.42 Å². The molecule has 0 unspecified atom stereocenters. The fraction of sp³-hybridized carbons (Fsp3) is 0.750. The van der Waals surface area contributed by atoms with E-state index in [2.05, 4.69) is 0 Å². The van der Waals surface area contributed by atoms with E-state index in [1.165, 1.54) is 34.6 Å². The van der Waals surface area contributed by atoms with Crippen LogP contribution in [0.5, 0.6) is 0 Å². The van der Waals surface area contributed by atoms with E-state index in [4.69, 9.17) is 33.2 Å². The molecule has 0 aliphatic rings. The second-order valence-electron chi connectivity index (χ2n) is 8.80. The summed E-state index contributed by atoms with van der Waals surface area (Å²) in [6, 6.07) is 0. The topological polar surface area (TPSA) is 167 Å². The van der Waals surface area contributed by atoms with Gasteiger partial charge in [-0.1, -0.05) is 6.92 Å². The van der Waals surface area contributed by atoms with Crippen molar-refractivity contribution >= 4 is 35.8 Å². The number of carbonyl (C=O) groups excluding carboxylic acids is 6. The third kappa shape index (κ3) is 16.2. The Morgan fingerprint density at radius 2 is 0.730 bits per heavy atom. The molecule has 0 aromatic heterocycles. The second kappa shape index (κ2) is 17.3. The van der Waals surface area contributed by atoms with E-state index in [0.717, 1.165) is 0 Å². The van der Waals surface area contributed by atoms with Crippen LogP contribution in [0.2, 0.25) is 0 Å². The van der Waals surface area contributed by atoms with Gasteiger partial charge in [0.25, 0.3) is 0 Å². The number of ether oxygens (including phenoxy) is 7. The number of hydrogen-bond donors (Lipinski definition) is 0. The molecule has 0 N–H and O–H groups in total. The molecule has 0 amide bonds. The van der Waals surface area contributed by atoms with E-state index in [1.807, 2.05) is 0 Å². The van der Waals surface area contributed by atoms with Gasteiger partial charge in [0.05, 0.1) is 24.0 Å². The minimum Gasteiger partial charge on any atom is -0.465 e. The van der Waals surface area contributed by atoms with Crippen LogP contribution in [0.3, 0.4) is 0 Å². The summed E-state index contributed by atoms with van der Waals surface area (Å²) < 4.78 is 36.8. The average molecular weight is 535 g/mol. The fourth-order valence-corrected chi connectivity index (χ4v) is 2.77. The number of rotatable bonds is 18. The maximum atomic E-state index is 12.0. The van der Waals surface area contributed by atoms with Crippen LogP contribution >= 0.6 is 0 Å². The molecular weight excluding hydrogens is 496 g/mol. The molecular formula is C24H38O13. The van der Waals surface area contributed by atoms with Crippen LogP contribution in [0.4, 0.5) is 0 Å². The first-order valence-corrected chi connectivity index (χ1v) is 11.6. The van der Waals surface area contributed by atoms with Crippen LogP contribution in [0, 0.1) is 10.8 Å². The van der Waals surface area contributed by atoms with E-state index in [0.29, 0.717) is 6.42 Å². The fourth-order valence-electron chi connectivity index (χ4n) is 2.77. The third-order valence-electron chi connectivity index (χ3n) is 4.72. The standard InChI is InChI=1S/C24H38O13/c1-7-8-22(30)37-16-24(14-35-20(5)28,15-36-21(6)29)10-31-9-23(11-32-17(2)25,12-33-18(3)26)13-34-19(4)27/h7-16H2,1-6H3. The van der Waals surface area contributed by atoms with Gasteiger partial charge >= 0.3 is 35.8 Å². The molecule has 0 aliphatic heterocycles. The Morgan fingerprint density at radius 3 is 0.973 bits per heavy atom. The first-order valence-electron chi connectivity index (χ1n) is 11.6. The highest BCUT2D eigenvalue weighted by molar-refractivity contribution is 5.69. The lowest BCUT2D eigenvalue weighted by Gasteiger charge is -2.35. The van der Waals surface area contributed by atoms with Crippen molar-refractivity contribution in [2.45, 2.75) is 54.4 Å². The quantitative estimate of drug-likeness (QED) is 0.181. The molecule has 13 nitrogen and oxygen atoms in total. The summed E-state index contributed by atoms with van der Waals surface area (Å²) in [7, 11) is 0. The molecule has 0 spiro atoms. The zero-order valence-corrected chi connectivity index (χ0v) is 22.4. The lowest BCUT2D eigenvalue weighted by Crippen LogP contribution is -2.47. The lowest BCUT2D eigenvalue weighted by atomic mass is 9.90. The van der Waals surface area contributed by atoms with Crippen LogP contribution in [0.25, 0.3) is 0 Å². The average Bonchev–Trinajstić information content (AvgIpc) is 2.80. The van der Waals surface area contributed by atoms with E-state index < -0.39 is 46.6 Å². The van der Waals surface area contributed by atoms with Crippen molar-refractivity contribution in [2.75, 3.05) is 52.9 Å². The maximum Gasteiger partial charge on any atom is 0.305 e. The molecule has 0 aromatic carbocycles. The normalized spacial score (nSPS) is 11.2. The SMILES string of the molecule is CCCC(=O)OCC(COCC(COC(C)=O)(COC(C)=O)COC(C)=O)(COC(C)=O)COC(C)=O. The van der Waals surface area contributed by atoms with Gasteiger partial charge in [-0.15, -0.1) is 0 Å². The first kappa shape index (κ1) is 33.8. The molecule has 212 valence electrons. The van der Waals surface area contributed by atoms with Crippen molar-refractivity contribution in [2.24, 2.45) is 10.8 Å². The summed E-state index contributed by atoms with van der Waals surface area (Å²) >= 11 is 0. The summed E-state index contributed by atoms with van der Waals surface area (Å²) in [5, 5.41) is 0. The minimum atomic E-state index is -1.30. The van der Waals surface area contributed by atoms with Gasteiger partial charge in [0, 0.05) is 41.0 Å². The van der Waals surface area contributed by atoms with E-state index in [1.54, 1.807) is 6.92 Å². The molecule has 0 atom stereocenters. The molecule has 0 radical (unpaired) electrons. The van der Waals surface area contributed by atoms with Crippen molar-refractivity contribution in [1.82, 2.24) is 0 Å². The monoisotopic (exact) mass is 534 g/mol. The molecule has 0 heterocycles. The lowest BCUT2D eigenvalue weighted by molar-refractivity contribution is -0.173. The van der Waals surface area contributed by atoms with Crippen LogP contribution < -0.4 is 0 Å². The Morgan fingerprint density at radius 1 is 0.459 bits per heavy atom. The van der Waals surface area contributed by atoms with Gasteiger partial charge < -0.3 is 33.2 Å². The Kier molecular flexibility index (Phi) is 15.8. The van der Waals surface area contributed by atoms with Crippen molar-refractivity contribution in [3.63, 3.8) is 0 Å². The Labute approximate surface area is 216 Å². The molecule has 0 aliphatic carbocycles.